The highest BCUT2D eigenvalue weighted by atomic mass is 35.5. The van der Waals surface area contributed by atoms with Crippen LogP contribution in [-0.4, -0.2) is 17.5 Å². The van der Waals surface area contributed by atoms with Gasteiger partial charge in [-0.1, -0.05) is 11.6 Å². The van der Waals surface area contributed by atoms with Crippen molar-refractivity contribution in [3.8, 4) is 0 Å². The summed E-state index contributed by atoms with van der Waals surface area (Å²) in [5.41, 5.74) is 5.87. The Hall–Kier alpha value is -0.780. The van der Waals surface area contributed by atoms with Gasteiger partial charge in [0.05, 0.1) is 10.2 Å². The van der Waals surface area contributed by atoms with E-state index in [2.05, 4.69) is 4.98 Å². The second kappa shape index (κ2) is 3.85. The molecular weight excluding hydrogens is 278 g/mol. The van der Waals surface area contributed by atoms with Gasteiger partial charge in [-0.05, 0) is 18.2 Å². The number of pyridine rings is 1. The van der Waals surface area contributed by atoms with E-state index in [1.165, 1.54) is 11.3 Å². The van der Waals surface area contributed by atoms with Crippen LogP contribution in [0.3, 0.4) is 0 Å². The first-order valence-electron chi connectivity index (χ1n) is 5.59. The monoisotopic (exact) mass is 288 g/mol. The minimum atomic E-state index is -2.58. The van der Waals surface area contributed by atoms with E-state index in [4.69, 9.17) is 17.3 Å². The molecule has 2 nitrogen and oxygen atoms in total. The fourth-order valence-corrected chi connectivity index (χ4v) is 3.87. The Morgan fingerprint density at radius 1 is 1.39 bits per heavy atom. The van der Waals surface area contributed by atoms with Gasteiger partial charge in [0.1, 0.15) is 5.15 Å². The van der Waals surface area contributed by atoms with Crippen molar-refractivity contribution in [3.05, 3.63) is 28.2 Å². The van der Waals surface area contributed by atoms with Gasteiger partial charge in [0.15, 0.2) is 0 Å². The molecule has 0 spiro atoms. The molecule has 0 atom stereocenters. The quantitative estimate of drug-likeness (QED) is 0.858. The van der Waals surface area contributed by atoms with Crippen LogP contribution >= 0.6 is 22.9 Å². The Morgan fingerprint density at radius 3 is 2.72 bits per heavy atom. The van der Waals surface area contributed by atoms with Crippen LogP contribution in [-0.2, 0) is 5.41 Å². The van der Waals surface area contributed by atoms with Crippen molar-refractivity contribution >= 4 is 33.2 Å². The zero-order valence-electron chi connectivity index (χ0n) is 9.42. The van der Waals surface area contributed by atoms with Gasteiger partial charge in [-0.25, -0.2) is 13.8 Å². The third kappa shape index (κ3) is 1.81. The fraction of sp³-hybridized carbons (Fsp3) is 0.417. The predicted molar refractivity (Wildman–Crippen MR) is 69.5 cm³/mol. The van der Waals surface area contributed by atoms with E-state index in [0.717, 1.165) is 15.1 Å². The molecule has 6 heteroatoms. The Morgan fingerprint density at radius 2 is 2.11 bits per heavy atom. The number of hydrogen-bond acceptors (Lipinski definition) is 3. The van der Waals surface area contributed by atoms with Gasteiger partial charge in [0.25, 0.3) is 0 Å². The molecule has 0 radical (unpaired) electrons. The number of fused-ring (bicyclic) bond motifs is 1. The van der Waals surface area contributed by atoms with Crippen molar-refractivity contribution in [2.24, 2.45) is 5.73 Å². The average Bonchev–Trinajstić information content (AvgIpc) is 2.68. The lowest BCUT2D eigenvalue weighted by Gasteiger charge is -2.46. The average molecular weight is 289 g/mol. The first-order valence-corrected chi connectivity index (χ1v) is 6.78. The van der Waals surface area contributed by atoms with Gasteiger partial charge in [-0.15, -0.1) is 11.3 Å². The largest absolute Gasteiger partial charge is 0.330 e. The summed E-state index contributed by atoms with van der Waals surface area (Å²) in [6, 6.07) is 5.41. The van der Waals surface area contributed by atoms with Crippen LogP contribution in [0.25, 0.3) is 10.2 Å². The molecule has 2 N–H and O–H groups in total. The lowest BCUT2D eigenvalue weighted by Crippen LogP contribution is -2.53. The molecule has 0 amide bonds. The molecular formula is C12H11ClF2N2S. The summed E-state index contributed by atoms with van der Waals surface area (Å²) >= 11 is 7.30. The maximum atomic E-state index is 13.1. The Balaban J connectivity index is 2.04. The molecule has 1 aliphatic carbocycles. The minimum Gasteiger partial charge on any atom is -0.330 e. The van der Waals surface area contributed by atoms with Crippen LogP contribution in [0.15, 0.2) is 18.2 Å². The summed E-state index contributed by atoms with van der Waals surface area (Å²) in [5, 5.41) is 0.410. The van der Waals surface area contributed by atoms with E-state index < -0.39 is 11.3 Å². The van der Waals surface area contributed by atoms with E-state index in [9.17, 15) is 8.78 Å². The molecule has 0 saturated heterocycles. The fourth-order valence-electron chi connectivity index (χ4n) is 2.52. The third-order valence-corrected chi connectivity index (χ3v) is 4.99. The highest BCUT2D eigenvalue weighted by Crippen LogP contribution is 2.54. The van der Waals surface area contributed by atoms with Gasteiger partial charge in [-0.3, -0.25) is 0 Å². The molecule has 0 aliphatic heterocycles. The SMILES string of the molecule is NCC1(c2cc3nc(Cl)ccc3s2)CC(F)(F)C1. The van der Waals surface area contributed by atoms with Crippen molar-refractivity contribution in [1.82, 2.24) is 4.98 Å². The summed E-state index contributed by atoms with van der Waals surface area (Å²) in [6.45, 7) is 0.239. The summed E-state index contributed by atoms with van der Waals surface area (Å²) in [6.07, 6.45) is -0.339. The van der Waals surface area contributed by atoms with E-state index in [0.29, 0.717) is 5.15 Å². The number of hydrogen-bond donors (Lipinski definition) is 1. The molecule has 1 fully saturated rings. The highest BCUT2D eigenvalue weighted by molar-refractivity contribution is 7.19. The van der Waals surface area contributed by atoms with Crippen LogP contribution in [0.4, 0.5) is 8.78 Å². The van der Waals surface area contributed by atoms with E-state index in [1.807, 2.05) is 12.1 Å². The molecule has 0 aromatic carbocycles. The Kier molecular flexibility index (Phi) is 2.63. The number of nitrogens with zero attached hydrogens (tertiary/aromatic N) is 1. The first kappa shape index (κ1) is 12.3. The number of thiophene rings is 1. The van der Waals surface area contributed by atoms with Crippen LogP contribution in [0.5, 0.6) is 0 Å². The molecule has 0 unspecified atom stereocenters. The normalized spacial score (nSPS) is 20.9. The molecule has 1 saturated carbocycles. The highest BCUT2D eigenvalue weighted by Gasteiger charge is 2.57. The van der Waals surface area contributed by atoms with Crippen molar-refractivity contribution in [1.29, 1.82) is 0 Å². The maximum Gasteiger partial charge on any atom is 0.250 e. The van der Waals surface area contributed by atoms with Gasteiger partial charge in [0.2, 0.25) is 5.92 Å². The number of nitrogens with two attached hydrogens (primary N) is 1. The van der Waals surface area contributed by atoms with Gasteiger partial charge in [-0.2, -0.15) is 0 Å². The predicted octanol–water partition coefficient (Wildman–Crippen LogP) is 3.58. The second-order valence-electron chi connectivity index (χ2n) is 4.82. The maximum absolute atomic E-state index is 13.1. The van der Waals surface area contributed by atoms with E-state index in [-0.39, 0.29) is 19.4 Å². The van der Waals surface area contributed by atoms with Crippen molar-refractivity contribution < 1.29 is 8.78 Å². The smallest absolute Gasteiger partial charge is 0.250 e. The Bertz CT molecular complexity index is 603. The van der Waals surface area contributed by atoms with Crippen molar-refractivity contribution in [2.75, 3.05) is 6.54 Å². The number of alkyl halides is 2. The third-order valence-electron chi connectivity index (χ3n) is 3.45. The second-order valence-corrected chi connectivity index (χ2v) is 6.29. The summed E-state index contributed by atoms with van der Waals surface area (Å²) in [4.78, 5) is 5.08. The lowest BCUT2D eigenvalue weighted by atomic mass is 9.65. The standard InChI is InChI=1S/C12H11ClF2N2S/c13-10-2-1-8-7(17-10)3-9(18-8)11(6-16)4-12(14,15)5-11/h1-3H,4-6,16H2. The number of halogens is 3. The van der Waals surface area contributed by atoms with Crippen LogP contribution in [0, 0.1) is 0 Å². The molecule has 18 heavy (non-hydrogen) atoms. The minimum absolute atomic E-state index is 0.170. The van der Waals surface area contributed by atoms with Crippen molar-refractivity contribution in [2.45, 2.75) is 24.2 Å². The van der Waals surface area contributed by atoms with E-state index >= 15 is 0 Å². The first-order chi connectivity index (χ1) is 8.44. The molecule has 2 heterocycles. The zero-order valence-corrected chi connectivity index (χ0v) is 11.0. The topological polar surface area (TPSA) is 38.9 Å². The molecule has 3 rings (SSSR count). The molecule has 1 aliphatic rings. The van der Waals surface area contributed by atoms with Gasteiger partial charge < -0.3 is 5.73 Å². The van der Waals surface area contributed by atoms with Crippen molar-refractivity contribution in [3.63, 3.8) is 0 Å². The van der Waals surface area contributed by atoms with Gasteiger partial charge in [0, 0.05) is 29.7 Å². The zero-order chi connectivity index (χ0) is 13.0. The lowest BCUT2D eigenvalue weighted by molar-refractivity contribution is -0.122. The van der Waals surface area contributed by atoms with E-state index in [1.54, 1.807) is 6.07 Å². The number of aromatic nitrogens is 1. The van der Waals surface area contributed by atoms with Crippen LogP contribution < -0.4 is 5.73 Å². The summed E-state index contributed by atoms with van der Waals surface area (Å²) in [5.74, 6) is -2.58. The molecule has 96 valence electrons. The molecule has 2 aromatic rings. The molecule has 2 aromatic heterocycles. The number of rotatable bonds is 2. The van der Waals surface area contributed by atoms with Crippen LogP contribution in [0.1, 0.15) is 17.7 Å². The van der Waals surface area contributed by atoms with Crippen LogP contribution in [0.2, 0.25) is 5.15 Å². The summed E-state index contributed by atoms with van der Waals surface area (Å²) < 4.78 is 27.2. The Labute approximate surface area is 112 Å². The molecule has 0 bridgehead atoms. The van der Waals surface area contributed by atoms with Gasteiger partial charge >= 0.3 is 0 Å². The summed E-state index contributed by atoms with van der Waals surface area (Å²) in [7, 11) is 0.